The van der Waals surface area contributed by atoms with Gasteiger partial charge in [-0.15, -0.1) is 0 Å². The lowest BCUT2D eigenvalue weighted by atomic mass is 10.2. The number of carbonyl (C=O) groups excluding carboxylic acids is 1. The number of nitrogens with zero attached hydrogens (tertiary/aromatic N) is 2. The predicted molar refractivity (Wildman–Crippen MR) is 86.7 cm³/mol. The average molecular weight is 333 g/mol. The second-order valence-electron chi connectivity index (χ2n) is 5.45. The van der Waals surface area contributed by atoms with Crippen LogP contribution in [0.25, 0.3) is 0 Å². The highest BCUT2D eigenvalue weighted by atomic mass is 19.3. The maximum absolute atomic E-state index is 12.3. The number of aromatic nitrogens is 1. The molecule has 0 radical (unpaired) electrons. The lowest BCUT2D eigenvalue weighted by molar-refractivity contribution is -0.0498. The molecule has 2 heterocycles. The Morgan fingerprint density at radius 2 is 1.88 bits per heavy atom. The average Bonchev–Trinajstić information content (AvgIpc) is 3.11. The van der Waals surface area contributed by atoms with E-state index >= 15 is 0 Å². The molecule has 0 bridgehead atoms. The van der Waals surface area contributed by atoms with Crippen molar-refractivity contribution < 1.29 is 18.3 Å². The summed E-state index contributed by atoms with van der Waals surface area (Å²) in [6.45, 7) is -0.907. The van der Waals surface area contributed by atoms with E-state index in [2.05, 4.69) is 19.9 Å². The van der Waals surface area contributed by atoms with E-state index in [1.54, 1.807) is 12.3 Å². The van der Waals surface area contributed by atoms with Gasteiger partial charge in [0.2, 0.25) is 0 Å². The molecule has 0 saturated carbocycles. The summed E-state index contributed by atoms with van der Waals surface area (Å²) in [7, 11) is 0. The topological polar surface area (TPSA) is 54.5 Å². The van der Waals surface area contributed by atoms with Gasteiger partial charge in [-0.1, -0.05) is 0 Å². The van der Waals surface area contributed by atoms with Crippen LogP contribution in [0.15, 0.2) is 42.6 Å². The van der Waals surface area contributed by atoms with Crippen LogP contribution in [-0.4, -0.2) is 30.6 Å². The van der Waals surface area contributed by atoms with E-state index in [1.165, 1.54) is 24.3 Å². The van der Waals surface area contributed by atoms with E-state index in [0.717, 1.165) is 31.6 Å². The maximum atomic E-state index is 12.3. The minimum atomic E-state index is -2.87. The Bertz CT molecular complexity index is 701. The SMILES string of the molecule is O=C(Nc1ccc(OC(F)F)cc1)c1cc(N2CCCC2)ccn1. The van der Waals surface area contributed by atoms with Gasteiger partial charge in [0, 0.05) is 30.7 Å². The van der Waals surface area contributed by atoms with Crippen molar-refractivity contribution in [3.05, 3.63) is 48.3 Å². The van der Waals surface area contributed by atoms with E-state index in [-0.39, 0.29) is 11.7 Å². The number of benzene rings is 1. The van der Waals surface area contributed by atoms with Gasteiger partial charge in [0.05, 0.1) is 0 Å². The fourth-order valence-corrected chi connectivity index (χ4v) is 2.63. The van der Waals surface area contributed by atoms with Crippen LogP contribution in [0.3, 0.4) is 0 Å². The Hall–Kier alpha value is -2.70. The van der Waals surface area contributed by atoms with Gasteiger partial charge in [-0.2, -0.15) is 8.78 Å². The highest BCUT2D eigenvalue weighted by Gasteiger charge is 2.15. The van der Waals surface area contributed by atoms with Gasteiger partial charge in [-0.3, -0.25) is 9.78 Å². The lowest BCUT2D eigenvalue weighted by Crippen LogP contribution is -2.19. The second kappa shape index (κ2) is 7.25. The number of carbonyl (C=O) groups is 1. The molecule has 3 rings (SSSR count). The van der Waals surface area contributed by atoms with Crippen molar-refractivity contribution in [2.45, 2.75) is 19.5 Å². The number of ether oxygens (including phenoxy) is 1. The molecule has 1 aliphatic heterocycles. The number of hydrogen-bond acceptors (Lipinski definition) is 4. The van der Waals surface area contributed by atoms with Crippen LogP contribution in [0.1, 0.15) is 23.3 Å². The van der Waals surface area contributed by atoms with E-state index in [9.17, 15) is 13.6 Å². The van der Waals surface area contributed by atoms with Gasteiger partial charge < -0.3 is 15.0 Å². The fraction of sp³-hybridized carbons (Fsp3) is 0.294. The zero-order valence-corrected chi connectivity index (χ0v) is 12.9. The molecule has 2 aromatic rings. The lowest BCUT2D eigenvalue weighted by Gasteiger charge is -2.17. The van der Waals surface area contributed by atoms with Crippen molar-refractivity contribution in [2.75, 3.05) is 23.3 Å². The first-order valence-electron chi connectivity index (χ1n) is 7.69. The summed E-state index contributed by atoms with van der Waals surface area (Å²) in [6, 6.07) is 9.39. The van der Waals surface area contributed by atoms with E-state index in [0.29, 0.717) is 11.4 Å². The van der Waals surface area contributed by atoms with E-state index in [4.69, 9.17) is 0 Å². The summed E-state index contributed by atoms with van der Waals surface area (Å²) < 4.78 is 28.5. The minimum absolute atomic E-state index is 0.0390. The Kier molecular flexibility index (Phi) is 4.88. The Labute approximate surface area is 138 Å². The molecular formula is C17H17F2N3O2. The highest BCUT2D eigenvalue weighted by Crippen LogP contribution is 2.21. The molecule has 126 valence electrons. The molecule has 0 spiro atoms. The molecule has 1 aromatic heterocycles. The molecule has 1 fully saturated rings. The van der Waals surface area contributed by atoms with Gasteiger partial charge in [0.25, 0.3) is 5.91 Å². The van der Waals surface area contributed by atoms with Crippen LogP contribution in [0, 0.1) is 0 Å². The normalized spacial score (nSPS) is 14.0. The number of alkyl halides is 2. The fourth-order valence-electron chi connectivity index (χ4n) is 2.63. The Morgan fingerprint density at radius 1 is 1.17 bits per heavy atom. The number of halogens is 2. The van der Waals surface area contributed by atoms with Crippen LogP contribution in [-0.2, 0) is 0 Å². The van der Waals surface area contributed by atoms with Crippen LogP contribution in [0.5, 0.6) is 5.75 Å². The number of pyridine rings is 1. The molecule has 0 aliphatic carbocycles. The Balaban J connectivity index is 1.67. The molecular weight excluding hydrogens is 316 g/mol. The third-order valence-corrected chi connectivity index (χ3v) is 3.78. The quantitative estimate of drug-likeness (QED) is 0.909. The van der Waals surface area contributed by atoms with Crippen LogP contribution in [0.4, 0.5) is 20.2 Å². The first kappa shape index (κ1) is 16.2. The molecule has 1 aliphatic rings. The minimum Gasteiger partial charge on any atom is -0.435 e. The molecule has 0 atom stereocenters. The molecule has 0 unspecified atom stereocenters. The van der Waals surface area contributed by atoms with Gasteiger partial charge in [0.1, 0.15) is 11.4 Å². The monoisotopic (exact) mass is 333 g/mol. The van der Waals surface area contributed by atoms with Gasteiger partial charge in [0.15, 0.2) is 0 Å². The van der Waals surface area contributed by atoms with Crippen molar-refractivity contribution in [1.82, 2.24) is 4.98 Å². The number of anilines is 2. The van der Waals surface area contributed by atoms with Crippen molar-refractivity contribution in [3.63, 3.8) is 0 Å². The molecule has 1 amide bonds. The molecule has 24 heavy (non-hydrogen) atoms. The molecule has 1 N–H and O–H groups in total. The maximum Gasteiger partial charge on any atom is 0.387 e. The van der Waals surface area contributed by atoms with E-state index in [1.807, 2.05) is 6.07 Å². The van der Waals surface area contributed by atoms with Crippen LogP contribution < -0.4 is 15.0 Å². The van der Waals surface area contributed by atoms with Crippen LogP contribution in [0.2, 0.25) is 0 Å². The van der Waals surface area contributed by atoms with Gasteiger partial charge in [-0.05, 0) is 49.2 Å². The van der Waals surface area contributed by atoms with Crippen molar-refractivity contribution >= 4 is 17.3 Å². The smallest absolute Gasteiger partial charge is 0.387 e. The zero-order valence-electron chi connectivity index (χ0n) is 12.9. The number of amides is 1. The summed E-state index contributed by atoms with van der Waals surface area (Å²) in [5.41, 5.74) is 1.77. The third-order valence-electron chi connectivity index (χ3n) is 3.78. The first-order valence-corrected chi connectivity index (χ1v) is 7.69. The van der Waals surface area contributed by atoms with Crippen molar-refractivity contribution in [2.24, 2.45) is 0 Å². The summed E-state index contributed by atoms with van der Waals surface area (Å²) >= 11 is 0. The van der Waals surface area contributed by atoms with Crippen molar-refractivity contribution in [3.8, 4) is 5.75 Å². The highest BCUT2D eigenvalue weighted by molar-refractivity contribution is 6.03. The third kappa shape index (κ3) is 3.98. The molecule has 1 saturated heterocycles. The summed E-state index contributed by atoms with van der Waals surface area (Å²) in [5, 5.41) is 2.69. The standard InChI is InChI=1S/C17H17F2N3O2/c18-17(19)24-14-5-3-12(4-6-14)21-16(23)15-11-13(7-8-20-15)22-9-1-2-10-22/h3-8,11,17H,1-2,9-10H2,(H,21,23). The summed E-state index contributed by atoms with van der Waals surface area (Å²) in [4.78, 5) is 18.6. The zero-order chi connectivity index (χ0) is 16.9. The molecule has 5 nitrogen and oxygen atoms in total. The number of nitrogens with one attached hydrogen (secondary N) is 1. The Morgan fingerprint density at radius 3 is 2.54 bits per heavy atom. The van der Waals surface area contributed by atoms with Crippen LogP contribution >= 0.6 is 0 Å². The molecule has 1 aromatic carbocycles. The van der Waals surface area contributed by atoms with E-state index < -0.39 is 6.61 Å². The van der Waals surface area contributed by atoms with Crippen molar-refractivity contribution in [1.29, 1.82) is 0 Å². The largest absolute Gasteiger partial charge is 0.435 e. The number of rotatable bonds is 5. The second-order valence-corrected chi connectivity index (χ2v) is 5.45. The van der Waals surface area contributed by atoms with Gasteiger partial charge in [-0.25, -0.2) is 0 Å². The predicted octanol–water partition coefficient (Wildman–Crippen LogP) is 3.54. The summed E-state index contributed by atoms with van der Waals surface area (Å²) in [5.74, 6) is -0.310. The first-order chi connectivity index (χ1) is 11.6. The summed E-state index contributed by atoms with van der Waals surface area (Å²) in [6.07, 6.45) is 3.91. The van der Waals surface area contributed by atoms with Gasteiger partial charge >= 0.3 is 6.61 Å². The number of hydrogen-bond donors (Lipinski definition) is 1. The molecule has 7 heteroatoms.